The molecule has 19 heavy (non-hydrogen) atoms. The number of amides is 1. The molecule has 1 amide bonds. The first-order chi connectivity index (χ1) is 9.16. The monoisotopic (exact) mass is 261 g/mol. The van der Waals surface area contributed by atoms with Gasteiger partial charge in [-0.15, -0.1) is 0 Å². The number of anilines is 1. The minimum atomic E-state index is -0.0619. The van der Waals surface area contributed by atoms with Crippen LogP contribution in [0.25, 0.3) is 0 Å². The average Bonchev–Trinajstić information content (AvgIpc) is 2.42. The van der Waals surface area contributed by atoms with E-state index in [1.807, 2.05) is 6.92 Å². The highest BCUT2D eigenvalue weighted by molar-refractivity contribution is 5.95. The first-order valence-corrected chi connectivity index (χ1v) is 7.17. The van der Waals surface area contributed by atoms with Gasteiger partial charge in [0.15, 0.2) is 0 Å². The zero-order chi connectivity index (χ0) is 13.7. The molecule has 0 aromatic carbocycles. The molecule has 0 atom stereocenters. The van der Waals surface area contributed by atoms with Gasteiger partial charge in [-0.25, -0.2) is 0 Å². The van der Waals surface area contributed by atoms with Crippen LogP contribution in [-0.2, 0) is 0 Å². The zero-order valence-corrected chi connectivity index (χ0v) is 11.6. The fourth-order valence-corrected chi connectivity index (χ4v) is 2.74. The van der Waals surface area contributed by atoms with Crippen LogP contribution in [0.15, 0.2) is 12.3 Å². The number of nitrogens with two attached hydrogens (primary N) is 1. The second-order valence-corrected chi connectivity index (χ2v) is 5.45. The Morgan fingerprint density at radius 1 is 1.42 bits per heavy atom. The first kappa shape index (κ1) is 13.8. The molecule has 1 aromatic rings. The Bertz CT molecular complexity index is 439. The molecular weight excluding hydrogens is 238 g/mol. The Morgan fingerprint density at radius 2 is 2.16 bits per heavy atom. The quantitative estimate of drug-likeness (QED) is 0.875. The van der Waals surface area contributed by atoms with E-state index >= 15 is 0 Å². The summed E-state index contributed by atoms with van der Waals surface area (Å²) in [6.07, 6.45) is 9.35. The molecule has 3 N–H and O–H groups in total. The number of aromatic nitrogens is 1. The van der Waals surface area contributed by atoms with Crippen LogP contribution in [0.3, 0.4) is 0 Å². The summed E-state index contributed by atoms with van der Waals surface area (Å²) in [6.45, 7) is 2.58. The van der Waals surface area contributed by atoms with Gasteiger partial charge in [-0.2, -0.15) is 0 Å². The molecule has 1 aliphatic rings. The zero-order valence-electron chi connectivity index (χ0n) is 11.6. The van der Waals surface area contributed by atoms with Crippen LogP contribution in [0.5, 0.6) is 0 Å². The molecule has 0 saturated heterocycles. The fourth-order valence-electron chi connectivity index (χ4n) is 2.74. The van der Waals surface area contributed by atoms with Crippen molar-refractivity contribution < 1.29 is 4.79 Å². The number of carbonyl (C=O) groups is 1. The molecule has 1 aliphatic carbocycles. The summed E-state index contributed by atoms with van der Waals surface area (Å²) >= 11 is 0. The summed E-state index contributed by atoms with van der Waals surface area (Å²) < 4.78 is 0. The van der Waals surface area contributed by atoms with Crippen LogP contribution in [-0.4, -0.2) is 17.4 Å². The maximum Gasteiger partial charge on any atom is 0.253 e. The SMILES string of the molecule is Cc1ncc(N)cc1C(=O)NCCC1CCCCC1. The molecule has 0 radical (unpaired) electrons. The summed E-state index contributed by atoms with van der Waals surface area (Å²) in [4.78, 5) is 16.2. The van der Waals surface area contributed by atoms with E-state index in [4.69, 9.17) is 5.73 Å². The lowest BCUT2D eigenvalue weighted by atomic mass is 9.87. The summed E-state index contributed by atoms with van der Waals surface area (Å²) in [6, 6.07) is 1.69. The molecule has 0 aliphatic heterocycles. The molecule has 1 fully saturated rings. The standard InChI is InChI=1S/C15H23N3O/c1-11-14(9-13(16)10-18-11)15(19)17-8-7-12-5-3-2-4-6-12/h9-10,12H,2-8,16H2,1H3,(H,17,19). The molecule has 4 nitrogen and oxygen atoms in total. The van der Waals surface area contributed by atoms with E-state index in [1.165, 1.54) is 32.1 Å². The van der Waals surface area contributed by atoms with Gasteiger partial charge in [0.25, 0.3) is 5.91 Å². The Morgan fingerprint density at radius 3 is 2.89 bits per heavy atom. The molecule has 1 heterocycles. The van der Waals surface area contributed by atoms with Crippen LogP contribution in [0, 0.1) is 12.8 Å². The van der Waals surface area contributed by atoms with E-state index in [0.717, 1.165) is 24.6 Å². The van der Waals surface area contributed by atoms with Crippen LogP contribution in [0.2, 0.25) is 0 Å². The number of rotatable bonds is 4. The number of nitrogens with one attached hydrogen (secondary N) is 1. The largest absolute Gasteiger partial charge is 0.397 e. The van der Waals surface area contributed by atoms with Crippen molar-refractivity contribution in [2.24, 2.45) is 5.92 Å². The van der Waals surface area contributed by atoms with Crippen LogP contribution in [0.1, 0.15) is 54.6 Å². The third kappa shape index (κ3) is 3.94. The topological polar surface area (TPSA) is 68.0 Å². The van der Waals surface area contributed by atoms with E-state index < -0.39 is 0 Å². The Hall–Kier alpha value is -1.58. The van der Waals surface area contributed by atoms with E-state index in [2.05, 4.69) is 10.3 Å². The van der Waals surface area contributed by atoms with Crippen molar-refractivity contribution in [1.29, 1.82) is 0 Å². The second-order valence-electron chi connectivity index (χ2n) is 5.45. The lowest BCUT2D eigenvalue weighted by Crippen LogP contribution is -2.27. The molecular formula is C15H23N3O. The minimum absolute atomic E-state index is 0.0619. The summed E-state index contributed by atoms with van der Waals surface area (Å²) in [5.74, 6) is 0.724. The lowest BCUT2D eigenvalue weighted by molar-refractivity contribution is 0.0949. The molecule has 104 valence electrons. The van der Waals surface area contributed by atoms with E-state index in [9.17, 15) is 4.79 Å². The van der Waals surface area contributed by atoms with Gasteiger partial charge in [0.1, 0.15) is 0 Å². The molecule has 0 unspecified atom stereocenters. The average molecular weight is 261 g/mol. The molecule has 0 bridgehead atoms. The van der Waals surface area contributed by atoms with Crippen molar-refractivity contribution in [3.8, 4) is 0 Å². The van der Waals surface area contributed by atoms with Crippen molar-refractivity contribution in [3.63, 3.8) is 0 Å². The number of pyridine rings is 1. The molecule has 1 saturated carbocycles. The van der Waals surface area contributed by atoms with Gasteiger partial charge in [-0.1, -0.05) is 32.1 Å². The highest BCUT2D eigenvalue weighted by Gasteiger charge is 2.14. The summed E-state index contributed by atoms with van der Waals surface area (Å²) in [5.41, 5.74) is 7.51. The van der Waals surface area contributed by atoms with E-state index in [0.29, 0.717) is 11.3 Å². The molecule has 4 heteroatoms. The first-order valence-electron chi connectivity index (χ1n) is 7.17. The lowest BCUT2D eigenvalue weighted by Gasteiger charge is -2.21. The number of nitrogens with zero attached hydrogens (tertiary/aromatic N) is 1. The minimum Gasteiger partial charge on any atom is -0.397 e. The van der Waals surface area contributed by atoms with Gasteiger partial charge in [0, 0.05) is 6.54 Å². The van der Waals surface area contributed by atoms with E-state index in [1.54, 1.807) is 12.3 Å². The van der Waals surface area contributed by atoms with Gasteiger partial charge in [-0.3, -0.25) is 9.78 Å². The summed E-state index contributed by atoms with van der Waals surface area (Å²) in [7, 11) is 0. The van der Waals surface area contributed by atoms with Gasteiger partial charge in [0.05, 0.1) is 23.1 Å². The summed E-state index contributed by atoms with van der Waals surface area (Å²) in [5, 5.41) is 2.98. The van der Waals surface area contributed by atoms with Gasteiger partial charge >= 0.3 is 0 Å². The second kappa shape index (κ2) is 6.55. The van der Waals surface area contributed by atoms with Crippen molar-refractivity contribution >= 4 is 11.6 Å². The fraction of sp³-hybridized carbons (Fsp3) is 0.600. The van der Waals surface area contributed by atoms with Crippen molar-refractivity contribution in [2.75, 3.05) is 12.3 Å². The van der Waals surface area contributed by atoms with Crippen LogP contribution >= 0.6 is 0 Å². The predicted octanol–water partition coefficient (Wildman–Crippen LogP) is 2.67. The highest BCUT2D eigenvalue weighted by Crippen LogP contribution is 2.25. The van der Waals surface area contributed by atoms with Crippen molar-refractivity contribution in [2.45, 2.75) is 45.4 Å². The maximum atomic E-state index is 12.1. The molecule has 0 spiro atoms. The van der Waals surface area contributed by atoms with E-state index in [-0.39, 0.29) is 5.91 Å². The number of nitrogen functional groups attached to an aromatic ring is 1. The number of hydrogen-bond acceptors (Lipinski definition) is 3. The van der Waals surface area contributed by atoms with Crippen molar-refractivity contribution in [1.82, 2.24) is 10.3 Å². The van der Waals surface area contributed by atoms with Crippen LogP contribution < -0.4 is 11.1 Å². The molecule has 1 aromatic heterocycles. The number of hydrogen-bond donors (Lipinski definition) is 2. The third-order valence-electron chi connectivity index (χ3n) is 3.92. The Kier molecular flexibility index (Phi) is 4.77. The third-order valence-corrected chi connectivity index (χ3v) is 3.92. The number of aryl methyl sites for hydroxylation is 1. The van der Waals surface area contributed by atoms with Gasteiger partial charge < -0.3 is 11.1 Å². The van der Waals surface area contributed by atoms with Gasteiger partial charge in [-0.05, 0) is 25.3 Å². The van der Waals surface area contributed by atoms with Crippen LogP contribution in [0.4, 0.5) is 5.69 Å². The molecule has 2 rings (SSSR count). The smallest absolute Gasteiger partial charge is 0.253 e. The van der Waals surface area contributed by atoms with Crippen molar-refractivity contribution in [3.05, 3.63) is 23.5 Å². The predicted molar refractivity (Wildman–Crippen MR) is 76.9 cm³/mol. The number of carbonyl (C=O) groups excluding carboxylic acids is 1. The normalized spacial score (nSPS) is 16.3. The highest BCUT2D eigenvalue weighted by atomic mass is 16.1. The Labute approximate surface area is 114 Å². The maximum absolute atomic E-state index is 12.1. The Balaban J connectivity index is 1.82. The van der Waals surface area contributed by atoms with Gasteiger partial charge in [0.2, 0.25) is 0 Å².